The van der Waals surface area contributed by atoms with Crippen LogP contribution in [-0.2, 0) is 9.53 Å². The number of esters is 1. The lowest BCUT2D eigenvalue weighted by Crippen LogP contribution is -2.09. The highest BCUT2D eigenvalue weighted by atomic mass is 16.5. The summed E-state index contributed by atoms with van der Waals surface area (Å²) in [4.78, 5) is 24.0. The second-order valence-electron chi connectivity index (χ2n) is 5.27. The van der Waals surface area contributed by atoms with Crippen molar-refractivity contribution in [3.05, 3.63) is 46.7 Å². The molecule has 1 N–H and O–H groups in total. The van der Waals surface area contributed by atoms with E-state index in [1.54, 1.807) is 25.3 Å². The number of carbonyl (C=O) groups is 2. The van der Waals surface area contributed by atoms with Crippen molar-refractivity contribution < 1.29 is 28.2 Å². The maximum Gasteiger partial charge on any atom is 0.342 e. The smallest absolute Gasteiger partial charge is 0.342 e. The number of nitriles is 1. The molecule has 0 radical (unpaired) electrons. The number of carbonyl (C=O) groups excluding carboxylic acids is 2. The molecule has 0 spiro atoms. The molecule has 140 valence electrons. The Morgan fingerprint density at radius 2 is 1.96 bits per heavy atom. The summed E-state index contributed by atoms with van der Waals surface area (Å²) >= 11 is 0. The van der Waals surface area contributed by atoms with Gasteiger partial charge in [0.15, 0.2) is 0 Å². The van der Waals surface area contributed by atoms with Crippen LogP contribution in [0, 0.1) is 18.3 Å². The Hall–Kier alpha value is -3.73. The number of furan rings is 1. The van der Waals surface area contributed by atoms with Gasteiger partial charge in [0.1, 0.15) is 34.5 Å². The van der Waals surface area contributed by atoms with Crippen LogP contribution >= 0.6 is 0 Å². The van der Waals surface area contributed by atoms with Gasteiger partial charge in [0.2, 0.25) is 5.88 Å². The van der Waals surface area contributed by atoms with E-state index in [9.17, 15) is 14.9 Å². The zero-order valence-electron chi connectivity index (χ0n) is 15.3. The van der Waals surface area contributed by atoms with Gasteiger partial charge in [0.25, 0.3) is 5.91 Å². The second kappa shape index (κ2) is 8.58. The summed E-state index contributed by atoms with van der Waals surface area (Å²) in [5.74, 6) is -0.0611. The lowest BCUT2D eigenvalue weighted by Gasteiger charge is -2.07. The molecule has 27 heavy (non-hydrogen) atoms. The van der Waals surface area contributed by atoms with Crippen LogP contribution in [-0.4, -0.2) is 33.2 Å². The fourth-order valence-electron chi connectivity index (χ4n) is 2.36. The van der Waals surface area contributed by atoms with Crippen molar-refractivity contribution in [1.82, 2.24) is 0 Å². The molecule has 0 bridgehead atoms. The van der Waals surface area contributed by atoms with E-state index < -0.39 is 11.9 Å². The van der Waals surface area contributed by atoms with Crippen LogP contribution in [0.5, 0.6) is 11.5 Å². The average Bonchev–Trinajstić information content (AvgIpc) is 3.00. The van der Waals surface area contributed by atoms with Gasteiger partial charge < -0.3 is 18.6 Å². The maximum atomic E-state index is 12.2. The molecule has 8 nitrogen and oxygen atoms in total. The number of anilines is 1. The third-order valence-electron chi connectivity index (χ3n) is 3.68. The third kappa shape index (κ3) is 4.27. The Kier molecular flexibility index (Phi) is 6.23. The Morgan fingerprint density at radius 1 is 1.22 bits per heavy atom. The highest BCUT2D eigenvalue weighted by molar-refractivity contribution is 6.03. The van der Waals surface area contributed by atoms with Crippen LogP contribution in [0.25, 0.3) is 6.08 Å². The molecule has 1 aromatic heterocycles. The lowest BCUT2D eigenvalue weighted by molar-refractivity contribution is -0.111. The molecule has 1 amide bonds. The van der Waals surface area contributed by atoms with Crippen LogP contribution in [0.2, 0.25) is 0 Å². The lowest BCUT2D eigenvalue weighted by atomic mass is 10.1. The van der Waals surface area contributed by atoms with Crippen LogP contribution < -0.4 is 14.8 Å². The van der Waals surface area contributed by atoms with Gasteiger partial charge in [0, 0.05) is 17.7 Å². The molecule has 8 heteroatoms. The monoisotopic (exact) mass is 370 g/mol. The summed E-state index contributed by atoms with van der Waals surface area (Å²) in [6.45, 7) is 1.50. The molecule has 2 aromatic rings. The van der Waals surface area contributed by atoms with Crippen molar-refractivity contribution in [1.29, 1.82) is 5.26 Å². The predicted molar refractivity (Wildman–Crippen MR) is 96.7 cm³/mol. The summed E-state index contributed by atoms with van der Waals surface area (Å²) < 4.78 is 20.3. The minimum atomic E-state index is -0.716. The number of hydrogen-bond acceptors (Lipinski definition) is 7. The SMILES string of the molecule is COC(=O)c1c(C)oc(NC(=O)/C=C/c2ccc(OC)cc2OC)c1C#N. The second-order valence-corrected chi connectivity index (χ2v) is 5.27. The maximum absolute atomic E-state index is 12.2. The molecule has 0 saturated heterocycles. The van der Waals surface area contributed by atoms with Crippen LogP contribution in [0.1, 0.15) is 27.2 Å². The first-order chi connectivity index (χ1) is 12.9. The van der Waals surface area contributed by atoms with E-state index in [0.717, 1.165) is 0 Å². The topological polar surface area (TPSA) is 111 Å². The van der Waals surface area contributed by atoms with Gasteiger partial charge >= 0.3 is 5.97 Å². The van der Waals surface area contributed by atoms with E-state index in [1.165, 1.54) is 33.3 Å². The number of nitrogens with one attached hydrogen (secondary N) is 1. The largest absolute Gasteiger partial charge is 0.497 e. The van der Waals surface area contributed by atoms with Gasteiger partial charge in [-0.25, -0.2) is 4.79 Å². The van der Waals surface area contributed by atoms with Crippen molar-refractivity contribution in [2.24, 2.45) is 0 Å². The quantitative estimate of drug-likeness (QED) is 0.615. The minimum Gasteiger partial charge on any atom is -0.497 e. The van der Waals surface area contributed by atoms with Crippen molar-refractivity contribution in [2.75, 3.05) is 26.6 Å². The number of methoxy groups -OCH3 is 3. The van der Waals surface area contributed by atoms with E-state index in [0.29, 0.717) is 17.1 Å². The van der Waals surface area contributed by atoms with Gasteiger partial charge in [-0.2, -0.15) is 5.26 Å². The van der Waals surface area contributed by atoms with Crippen molar-refractivity contribution in [3.8, 4) is 17.6 Å². The number of aryl methyl sites for hydroxylation is 1. The molecule has 0 fully saturated rings. The summed E-state index contributed by atoms with van der Waals surface area (Å²) in [5, 5.41) is 11.7. The van der Waals surface area contributed by atoms with E-state index in [-0.39, 0.29) is 22.8 Å². The molecule has 0 aliphatic rings. The van der Waals surface area contributed by atoms with Crippen LogP contribution in [0.15, 0.2) is 28.7 Å². The summed E-state index contributed by atoms with van der Waals surface area (Å²) in [5.41, 5.74) is 0.541. The Balaban J connectivity index is 2.23. The number of benzene rings is 1. The highest BCUT2D eigenvalue weighted by Gasteiger charge is 2.25. The normalized spacial score (nSPS) is 10.3. The van der Waals surface area contributed by atoms with E-state index in [4.69, 9.17) is 13.9 Å². The molecule has 0 aliphatic heterocycles. The number of ether oxygens (including phenoxy) is 3. The molecular formula is C19H18N2O6. The molecule has 0 aliphatic carbocycles. The standard InChI is InChI=1S/C19H18N2O6/c1-11-17(19(23)26-4)14(10-20)18(27-11)21-16(22)8-6-12-5-7-13(24-2)9-15(12)25-3/h5-9H,1-4H3,(H,21,22)/b8-6+. The first-order valence-electron chi connectivity index (χ1n) is 7.78. The zero-order chi connectivity index (χ0) is 20.0. The number of nitrogens with zero attached hydrogens (tertiary/aromatic N) is 1. The first-order valence-corrected chi connectivity index (χ1v) is 7.78. The predicted octanol–water partition coefficient (Wildman–Crippen LogP) is 2.92. The van der Waals surface area contributed by atoms with E-state index in [1.807, 2.05) is 6.07 Å². The van der Waals surface area contributed by atoms with Gasteiger partial charge in [-0.1, -0.05) is 0 Å². The molecule has 2 rings (SSSR count). The minimum absolute atomic E-state index is 0.0175. The Morgan fingerprint density at radius 3 is 2.56 bits per heavy atom. The summed E-state index contributed by atoms with van der Waals surface area (Å²) in [6.07, 6.45) is 2.79. The first kappa shape index (κ1) is 19.6. The van der Waals surface area contributed by atoms with Crippen LogP contribution in [0.3, 0.4) is 0 Å². The average molecular weight is 370 g/mol. The van der Waals surface area contributed by atoms with E-state index >= 15 is 0 Å². The Bertz CT molecular complexity index is 936. The van der Waals surface area contributed by atoms with Crippen LogP contribution in [0.4, 0.5) is 5.88 Å². The molecule has 0 unspecified atom stereocenters. The summed E-state index contributed by atoms with van der Waals surface area (Å²) in [7, 11) is 4.24. The van der Waals surface area contributed by atoms with Gasteiger partial charge in [0.05, 0.1) is 21.3 Å². The summed E-state index contributed by atoms with van der Waals surface area (Å²) in [6, 6.07) is 6.99. The molecule has 0 saturated carbocycles. The van der Waals surface area contributed by atoms with Crippen molar-refractivity contribution in [2.45, 2.75) is 6.92 Å². The molecule has 1 heterocycles. The number of rotatable bonds is 6. The highest BCUT2D eigenvalue weighted by Crippen LogP contribution is 2.28. The fourth-order valence-corrected chi connectivity index (χ4v) is 2.36. The van der Waals surface area contributed by atoms with Crippen molar-refractivity contribution in [3.63, 3.8) is 0 Å². The Labute approximate surface area is 155 Å². The van der Waals surface area contributed by atoms with Gasteiger partial charge in [-0.15, -0.1) is 0 Å². The third-order valence-corrected chi connectivity index (χ3v) is 3.68. The van der Waals surface area contributed by atoms with E-state index in [2.05, 4.69) is 10.1 Å². The van der Waals surface area contributed by atoms with Crippen molar-refractivity contribution >= 4 is 23.8 Å². The van der Waals surface area contributed by atoms with Gasteiger partial charge in [-0.05, 0) is 25.1 Å². The fraction of sp³-hybridized carbons (Fsp3) is 0.211. The molecular weight excluding hydrogens is 352 g/mol. The zero-order valence-corrected chi connectivity index (χ0v) is 15.3. The number of hydrogen-bond donors (Lipinski definition) is 1. The molecule has 1 aromatic carbocycles. The molecule has 0 atom stereocenters. The van der Waals surface area contributed by atoms with Gasteiger partial charge in [-0.3, -0.25) is 10.1 Å². The number of amides is 1.